The summed E-state index contributed by atoms with van der Waals surface area (Å²) in [6.45, 7) is 2.56. The standard InChI is InChI=1S/C16H13Cl2N3O5/c1-7(22)21-16(2)11(12(19-21)14(24)26-3)13(23)20(15(16)25)10-5-4-8(17)6-9(10)18/h4-6,11H,1-3H3. The molecule has 1 aromatic rings. The molecule has 1 aromatic carbocycles. The molecule has 1 fully saturated rings. The van der Waals surface area contributed by atoms with Crippen LogP contribution in [0.2, 0.25) is 10.0 Å². The van der Waals surface area contributed by atoms with E-state index in [9.17, 15) is 19.2 Å². The van der Waals surface area contributed by atoms with Crippen molar-refractivity contribution in [3.8, 4) is 0 Å². The van der Waals surface area contributed by atoms with Crippen LogP contribution in [-0.4, -0.2) is 47.1 Å². The van der Waals surface area contributed by atoms with Crippen LogP contribution < -0.4 is 4.90 Å². The lowest BCUT2D eigenvalue weighted by molar-refractivity contribution is -0.142. The molecule has 2 aliphatic heterocycles. The number of hydrazone groups is 1. The number of halogens is 2. The van der Waals surface area contributed by atoms with Crippen molar-refractivity contribution in [2.45, 2.75) is 19.4 Å². The molecular formula is C16H13Cl2N3O5. The first-order chi connectivity index (χ1) is 12.1. The Kier molecular flexibility index (Phi) is 4.28. The number of nitrogens with zero attached hydrogens (tertiary/aromatic N) is 3. The summed E-state index contributed by atoms with van der Waals surface area (Å²) in [7, 11) is 1.12. The van der Waals surface area contributed by atoms with Gasteiger partial charge >= 0.3 is 5.97 Å². The zero-order valence-corrected chi connectivity index (χ0v) is 15.5. The molecule has 3 rings (SSSR count). The van der Waals surface area contributed by atoms with Gasteiger partial charge in [0.15, 0.2) is 11.3 Å². The second-order valence-corrected chi connectivity index (χ2v) is 6.81. The number of fused-ring (bicyclic) bond motifs is 1. The number of rotatable bonds is 2. The summed E-state index contributed by atoms with van der Waals surface area (Å²) < 4.78 is 4.65. The van der Waals surface area contributed by atoms with Crippen LogP contribution in [0.25, 0.3) is 0 Å². The highest BCUT2D eigenvalue weighted by atomic mass is 35.5. The molecule has 0 saturated carbocycles. The fourth-order valence-electron chi connectivity index (χ4n) is 3.24. The molecule has 0 aliphatic carbocycles. The Balaban J connectivity index is 2.17. The van der Waals surface area contributed by atoms with E-state index in [-0.39, 0.29) is 16.4 Å². The van der Waals surface area contributed by atoms with Gasteiger partial charge in [0.05, 0.1) is 17.8 Å². The van der Waals surface area contributed by atoms with Crippen LogP contribution >= 0.6 is 23.2 Å². The van der Waals surface area contributed by atoms with Crippen molar-refractivity contribution >= 4 is 58.3 Å². The van der Waals surface area contributed by atoms with Gasteiger partial charge in [-0.3, -0.25) is 14.4 Å². The third-order valence-electron chi connectivity index (χ3n) is 4.43. The number of esters is 1. The van der Waals surface area contributed by atoms with Crippen molar-refractivity contribution in [1.82, 2.24) is 5.01 Å². The van der Waals surface area contributed by atoms with Crippen LogP contribution in [-0.2, 0) is 23.9 Å². The molecule has 0 bridgehead atoms. The Labute approximate surface area is 158 Å². The Hall–Kier alpha value is -2.45. The number of carbonyl (C=O) groups is 4. The normalized spacial score (nSPS) is 24.7. The van der Waals surface area contributed by atoms with Gasteiger partial charge in [0.25, 0.3) is 5.91 Å². The van der Waals surface area contributed by atoms with Crippen molar-refractivity contribution in [3.05, 3.63) is 28.2 Å². The average molecular weight is 398 g/mol. The van der Waals surface area contributed by atoms with E-state index in [2.05, 4.69) is 9.84 Å². The molecule has 3 amide bonds. The van der Waals surface area contributed by atoms with Gasteiger partial charge in [0, 0.05) is 11.9 Å². The van der Waals surface area contributed by atoms with E-state index in [1.807, 2.05) is 0 Å². The Morgan fingerprint density at radius 2 is 1.92 bits per heavy atom. The lowest BCUT2D eigenvalue weighted by Gasteiger charge is -2.28. The summed E-state index contributed by atoms with van der Waals surface area (Å²) in [4.78, 5) is 51.0. The smallest absolute Gasteiger partial charge is 0.355 e. The lowest BCUT2D eigenvalue weighted by Crippen LogP contribution is -2.52. The van der Waals surface area contributed by atoms with Crippen molar-refractivity contribution in [2.24, 2.45) is 11.0 Å². The molecule has 10 heteroatoms. The van der Waals surface area contributed by atoms with E-state index in [0.717, 1.165) is 17.0 Å². The summed E-state index contributed by atoms with van der Waals surface area (Å²) in [5, 5.41) is 5.13. The summed E-state index contributed by atoms with van der Waals surface area (Å²) in [6.07, 6.45) is 0. The average Bonchev–Trinajstić information content (AvgIpc) is 2.99. The zero-order valence-electron chi connectivity index (χ0n) is 13.9. The van der Waals surface area contributed by atoms with Gasteiger partial charge in [0.2, 0.25) is 11.8 Å². The SMILES string of the molecule is COC(=O)C1=NN(C(C)=O)C2(C)C(=O)N(c3ccc(Cl)cc3Cl)C(=O)C12. The van der Waals surface area contributed by atoms with Crippen LogP contribution in [0.1, 0.15) is 13.8 Å². The minimum Gasteiger partial charge on any atom is -0.464 e. The predicted octanol–water partition coefficient (Wildman–Crippen LogP) is 1.63. The van der Waals surface area contributed by atoms with Gasteiger partial charge in [-0.15, -0.1) is 0 Å². The molecule has 1 saturated heterocycles. The Bertz CT molecular complexity index is 900. The van der Waals surface area contributed by atoms with E-state index in [1.54, 1.807) is 0 Å². The molecular weight excluding hydrogens is 385 g/mol. The van der Waals surface area contributed by atoms with Gasteiger partial charge < -0.3 is 4.74 Å². The van der Waals surface area contributed by atoms with E-state index in [4.69, 9.17) is 23.2 Å². The third kappa shape index (κ3) is 2.33. The highest BCUT2D eigenvalue weighted by Gasteiger charge is 2.68. The van der Waals surface area contributed by atoms with E-state index < -0.39 is 35.1 Å². The fraction of sp³-hybridized carbons (Fsp3) is 0.312. The lowest BCUT2D eigenvalue weighted by atomic mass is 9.85. The van der Waals surface area contributed by atoms with Gasteiger partial charge in [-0.1, -0.05) is 23.2 Å². The molecule has 8 nitrogen and oxygen atoms in total. The van der Waals surface area contributed by atoms with Crippen molar-refractivity contribution < 1.29 is 23.9 Å². The number of hydrogen-bond acceptors (Lipinski definition) is 6. The van der Waals surface area contributed by atoms with Gasteiger partial charge in [0.1, 0.15) is 5.92 Å². The van der Waals surface area contributed by atoms with Crippen molar-refractivity contribution in [2.75, 3.05) is 12.0 Å². The summed E-state index contributed by atoms with van der Waals surface area (Å²) in [6, 6.07) is 4.27. The number of anilines is 1. The number of benzene rings is 1. The molecule has 0 N–H and O–H groups in total. The van der Waals surface area contributed by atoms with Gasteiger partial charge in [-0.05, 0) is 25.1 Å². The summed E-state index contributed by atoms with van der Waals surface area (Å²) in [5.74, 6) is -4.24. The number of imide groups is 1. The molecule has 2 atom stereocenters. The number of ether oxygens (including phenoxy) is 1. The topological polar surface area (TPSA) is 96.3 Å². The van der Waals surface area contributed by atoms with Crippen LogP contribution in [0.5, 0.6) is 0 Å². The Morgan fingerprint density at radius 3 is 2.46 bits per heavy atom. The monoisotopic (exact) mass is 397 g/mol. The largest absolute Gasteiger partial charge is 0.464 e. The third-order valence-corrected chi connectivity index (χ3v) is 4.97. The first kappa shape index (κ1) is 18.3. The first-order valence-electron chi connectivity index (χ1n) is 7.45. The van der Waals surface area contributed by atoms with Gasteiger partial charge in [-0.25, -0.2) is 14.7 Å². The van der Waals surface area contributed by atoms with Crippen molar-refractivity contribution in [3.63, 3.8) is 0 Å². The molecule has 0 radical (unpaired) electrons. The highest BCUT2D eigenvalue weighted by Crippen LogP contribution is 2.45. The summed E-state index contributed by atoms with van der Waals surface area (Å²) in [5.41, 5.74) is -1.89. The van der Waals surface area contributed by atoms with E-state index >= 15 is 0 Å². The predicted molar refractivity (Wildman–Crippen MR) is 92.8 cm³/mol. The molecule has 26 heavy (non-hydrogen) atoms. The van der Waals surface area contributed by atoms with E-state index in [1.165, 1.54) is 32.0 Å². The van der Waals surface area contributed by atoms with Crippen LogP contribution in [0.15, 0.2) is 23.3 Å². The molecule has 2 aliphatic rings. The van der Waals surface area contributed by atoms with E-state index in [0.29, 0.717) is 5.02 Å². The number of carbonyl (C=O) groups excluding carboxylic acids is 4. The van der Waals surface area contributed by atoms with Crippen LogP contribution in [0, 0.1) is 5.92 Å². The minimum atomic E-state index is -1.69. The maximum absolute atomic E-state index is 13.1. The quantitative estimate of drug-likeness (QED) is 0.558. The molecule has 0 aromatic heterocycles. The molecule has 2 unspecified atom stereocenters. The highest BCUT2D eigenvalue weighted by molar-refractivity contribution is 6.48. The fourth-order valence-corrected chi connectivity index (χ4v) is 3.73. The number of amides is 3. The second-order valence-electron chi connectivity index (χ2n) is 5.96. The minimum absolute atomic E-state index is 0.0775. The van der Waals surface area contributed by atoms with Crippen molar-refractivity contribution in [1.29, 1.82) is 0 Å². The maximum atomic E-state index is 13.1. The Morgan fingerprint density at radius 1 is 1.27 bits per heavy atom. The number of hydrogen-bond donors (Lipinski definition) is 0. The van der Waals surface area contributed by atoms with Crippen LogP contribution in [0.3, 0.4) is 0 Å². The van der Waals surface area contributed by atoms with Crippen LogP contribution in [0.4, 0.5) is 5.69 Å². The molecule has 2 heterocycles. The first-order valence-corrected chi connectivity index (χ1v) is 8.21. The zero-order chi connectivity index (χ0) is 19.4. The second kappa shape index (κ2) is 6.07. The molecule has 136 valence electrons. The number of methoxy groups -OCH3 is 1. The maximum Gasteiger partial charge on any atom is 0.355 e. The summed E-state index contributed by atoms with van der Waals surface area (Å²) >= 11 is 12.0. The molecule has 0 spiro atoms. The van der Waals surface area contributed by atoms with Gasteiger partial charge in [-0.2, -0.15) is 5.10 Å².